The summed E-state index contributed by atoms with van der Waals surface area (Å²) in [5, 5.41) is 15.2. The third kappa shape index (κ3) is 4.06. The quantitative estimate of drug-likeness (QED) is 0.588. The molecule has 1 amide bonds. The summed E-state index contributed by atoms with van der Waals surface area (Å²) in [4.78, 5) is 21.2. The van der Waals surface area contributed by atoms with Gasteiger partial charge < -0.3 is 10.4 Å². The van der Waals surface area contributed by atoms with E-state index < -0.39 is 6.04 Å². The second-order valence-electron chi connectivity index (χ2n) is 7.77. The highest BCUT2D eigenvalue weighted by molar-refractivity contribution is 5.96. The molecule has 1 aliphatic carbocycles. The first-order chi connectivity index (χ1) is 14.7. The molecule has 2 N–H and O–H groups in total. The minimum Gasteiger partial charge on any atom is -0.505 e. The van der Waals surface area contributed by atoms with Gasteiger partial charge in [-0.1, -0.05) is 25.1 Å². The van der Waals surface area contributed by atoms with Gasteiger partial charge in [0.2, 0.25) is 5.91 Å². The Bertz CT molecular complexity index is 1080. The first-order valence-corrected chi connectivity index (χ1v) is 10.7. The second-order valence-corrected chi connectivity index (χ2v) is 7.77. The molecular formula is C25H27N3O2. The number of pyridine rings is 2. The zero-order valence-corrected chi connectivity index (χ0v) is 17.3. The van der Waals surface area contributed by atoms with Crippen molar-refractivity contribution in [2.24, 2.45) is 0 Å². The van der Waals surface area contributed by atoms with Crippen molar-refractivity contribution in [3.8, 4) is 5.75 Å². The molecule has 4 rings (SSSR count). The molecule has 2 aromatic heterocycles. The Hall–Kier alpha value is -3.21. The summed E-state index contributed by atoms with van der Waals surface area (Å²) in [5.41, 5.74) is 4.42. The summed E-state index contributed by atoms with van der Waals surface area (Å²) < 4.78 is 0. The Kier molecular flexibility index (Phi) is 6.07. The third-order valence-electron chi connectivity index (χ3n) is 5.64. The van der Waals surface area contributed by atoms with Crippen LogP contribution in [-0.4, -0.2) is 21.0 Å². The van der Waals surface area contributed by atoms with Crippen molar-refractivity contribution in [2.45, 2.75) is 51.5 Å². The molecular weight excluding hydrogens is 374 g/mol. The van der Waals surface area contributed by atoms with Crippen LogP contribution < -0.4 is 5.32 Å². The zero-order valence-electron chi connectivity index (χ0n) is 17.3. The minimum atomic E-state index is -0.493. The fourth-order valence-corrected chi connectivity index (χ4v) is 4.17. The van der Waals surface area contributed by atoms with Crippen molar-refractivity contribution in [1.29, 1.82) is 0 Å². The van der Waals surface area contributed by atoms with E-state index in [9.17, 15) is 9.90 Å². The lowest BCUT2D eigenvalue weighted by molar-refractivity contribution is -0.121. The van der Waals surface area contributed by atoms with Gasteiger partial charge in [-0.15, -0.1) is 0 Å². The van der Waals surface area contributed by atoms with E-state index >= 15 is 0 Å². The number of aromatic hydroxyl groups is 1. The van der Waals surface area contributed by atoms with E-state index in [1.165, 1.54) is 12.0 Å². The van der Waals surface area contributed by atoms with Gasteiger partial charge in [-0.3, -0.25) is 14.8 Å². The smallest absolute Gasteiger partial charge is 0.220 e. The number of nitrogens with zero attached hydrogens (tertiary/aromatic N) is 2. The maximum atomic E-state index is 12.5. The Morgan fingerprint density at radius 1 is 1.23 bits per heavy atom. The highest BCUT2D eigenvalue weighted by Crippen LogP contribution is 2.40. The average molecular weight is 402 g/mol. The van der Waals surface area contributed by atoms with Crippen LogP contribution in [0.3, 0.4) is 0 Å². The van der Waals surface area contributed by atoms with E-state index in [1.807, 2.05) is 37.3 Å². The van der Waals surface area contributed by atoms with Crippen molar-refractivity contribution in [3.63, 3.8) is 0 Å². The Labute approximate surface area is 176 Å². The lowest BCUT2D eigenvalue weighted by Crippen LogP contribution is -2.29. The maximum absolute atomic E-state index is 12.5. The standard InChI is InChI=1S/C25H27N3O2/c1-2-8-22(29)28-23(18-11-6-13-26-16-18)21-15-20(17-9-4-3-5-10-17)19-12-7-14-27-24(19)25(21)30/h6-7,9,11-16,23,30H,2-5,8,10H2,1H3,(H,28,29). The summed E-state index contributed by atoms with van der Waals surface area (Å²) in [5.74, 6) is 0.0571. The van der Waals surface area contributed by atoms with Crippen molar-refractivity contribution in [2.75, 3.05) is 0 Å². The molecule has 0 bridgehead atoms. The van der Waals surface area contributed by atoms with Gasteiger partial charge >= 0.3 is 0 Å². The summed E-state index contributed by atoms with van der Waals surface area (Å²) in [7, 11) is 0. The van der Waals surface area contributed by atoms with E-state index in [2.05, 4.69) is 21.4 Å². The number of carbonyl (C=O) groups is 1. The van der Waals surface area contributed by atoms with Gasteiger partial charge in [-0.2, -0.15) is 0 Å². The minimum absolute atomic E-state index is 0.0506. The second kappa shape index (κ2) is 9.08. The number of nitrogens with one attached hydrogen (secondary N) is 1. The van der Waals surface area contributed by atoms with Crippen LogP contribution in [0.15, 0.2) is 55.0 Å². The maximum Gasteiger partial charge on any atom is 0.220 e. The van der Waals surface area contributed by atoms with Gasteiger partial charge in [0.15, 0.2) is 0 Å². The highest BCUT2D eigenvalue weighted by Gasteiger charge is 2.24. The van der Waals surface area contributed by atoms with Gasteiger partial charge in [0.25, 0.3) is 0 Å². The Balaban J connectivity index is 1.91. The van der Waals surface area contributed by atoms with Crippen molar-refractivity contribution in [1.82, 2.24) is 15.3 Å². The van der Waals surface area contributed by atoms with E-state index in [0.29, 0.717) is 17.5 Å². The molecule has 0 fully saturated rings. The van der Waals surface area contributed by atoms with Crippen LogP contribution in [-0.2, 0) is 4.79 Å². The lowest BCUT2D eigenvalue weighted by Gasteiger charge is -2.23. The number of benzene rings is 1. The van der Waals surface area contributed by atoms with Gasteiger partial charge in [-0.25, -0.2) is 0 Å². The van der Waals surface area contributed by atoms with Crippen LogP contribution in [0.2, 0.25) is 0 Å². The Morgan fingerprint density at radius 2 is 2.10 bits per heavy atom. The van der Waals surface area contributed by atoms with E-state index in [-0.39, 0.29) is 11.7 Å². The topological polar surface area (TPSA) is 75.1 Å². The highest BCUT2D eigenvalue weighted by atomic mass is 16.3. The molecule has 1 aliphatic rings. The fraction of sp³-hybridized carbons (Fsp3) is 0.320. The van der Waals surface area contributed by atoms with Gasteiger partial charge in [-0.05, 0) is 67.0 Å². The van der Waals surface area contributed by atoms with Crippen LogP contribution in [0.1, 0.15) is 68.2 Å². The summed E-state index contributed by atoms with van der Waals surface area (Å²) in [6.07, 6.45) is 13.0. The number of allylic oxidation sites excluding steroid dienone is 2. The molecule has 0 radical (unpaired) electrons. The lowest BCUT2D eigenvalue weighted by atomic mass is 9.87. The molecule has 5 nitrogen and oxygen atoms in total. The predicted molar refractivity (Wildman–Crippen MR) is 119 cm³/mol. The SMILES string of the molecule is CCCC(=O)NC(c1cccnc1)c1cc(C2=CCCCC2)c2cccnc2c1O. The van der Waals surface area contributed by atoms with Crippen molar-refractivity contribution in [3.05, 3.63) is 71.7 Å². The summed E-state index contributed by atoms with van der Waals surface area (Å²) in [6, 6.07) is 9.20. The van der Waals surface area contributed by atoms with Crippen molar-refractivity contribution < 1.29 is 9.90 Å². The molecule has 0 spiro atoms. The molecule has 0 saturated heterocycles. The number of hydrogen-bond acceptors (Lipinski definition) is 4. The third-order valence-corrected chi connectivity index (χ3v) is 5.64. The number of amides is 1. The van der Waals surface area contributed by atoms with E-state index in [0.717, 1.165) is 42.2 Å². The molecule has 1 unspecified atom stereocenters. The number of hydrogen-bond donors (Lipinski definition) is 2. The first-order valence-electron chi connectivity index (χ1n) is 10.7. The molecule has 1 aromatic carbocycles. The molecule has 5 heteroatoms. The molecule has 1 atom stereocenters. The molecule has 0 saturated carbocycles. The van der Waals surface area contributed by atoms with Crippen LogP contribution >= 0.6 is 0 Å². The molecule has 154 valence electrons. The van der Waals surface area contributed by atoms with Crippen LogP contribution in [0.4, 0.5) is 0 Å². The number of aromatic nitrogens is 2. The molecule has 2 heterocycles. The number of rotatable bonds is 6. The van der Waals surface area contributed by atoms with Crippen LogP contribution in [0.25, 0.3) is 16.5 Å². The summed E-state index contributed by atoms with van der Waals surface area (Å²) in [6.45, 7) is 1.98. The Morgan fingerprint density at radius 3 is 2.83 bits per heavy atom. The van der Waals surface area contributed by atoms with Gasteiger partial charge in [0.1, 0.15) is 11.3 Å². The zero-order chi connectivity index (χ0) is 20.9. The normalized spacial score (nSPS) is 14.9. The number of carbonyl (C=O) groups excluding carboxylic acids is 1. The van der Waals surface area contributed by atoms with Gasteiger partial charge in [0, 0.05) is 36.0 Å². The van der Waals surface area contributed by atoms with Crippen molar-refractivity contribution >= 4 is 22.4 Å². The van der Waals surface area contributed by atoms with Crippen LogP contribution in [0.5, 0.6) is 5.75 Å². The number of fused-ring (bicyclic) bond motifs is 1. The number of phenols is 1. The van der Waals surface area contributed by atoms with E-state index in [1.54, 1.807) is 18.6 Å². The predicted octanol–water partition coefficient (Wildman–Crippen LogP) is 5.30. The molecule has 3 aromatic rings. The van der Waals surface area contributed by atoms with Gasteiger partial charge in [0.05, 0.1) is 6.04 Å². The largest absolute Gasteiger partial charge is 0.505 e. The summed E-state index contributed by atoms with van der Waals surface area (Å²) >= 11 is 0. The molecule has 0 aliphatic heterocycles. The fourth-order valence-electron chi connectivity index (χ4n) is 4.17. The first kappa shape index (κ1) is 20.1. The van der Waals surface area contributed by atoms with Crippen LogP contribution in [0, 0.1) is 0 Å². The number of phenolic OH excluding ortho intramolecular Hbond substituents is 1. The molecule has 30 heavy (non-hydrogen) atoms. The van der Waals surface area contributed by atoms with E-state index in [4.69, 9.17) is 0 Å². The average Bonchev–Trinajstić information content (AvgIpc) is 2.80. The monoisotopic (exact) mass is 401 g/mol.